The number of alkyl halides is 3. The SMILES string of the molecule is O=S(=O)(N1CCOCC1)C(F)(F)I. The molecule has 0 aliphatic carbocycles. The van der Waals surface area contributed by atoms with Crippen molar-refractivity contribution in [2.24, 2.45) is 0 Å². The lowest BCUT2D eigenvalue weighted by Gasteiger charge is -2.27. The van der Waals surface area contributed by atoms with Gasteiger partial charge in [-0.15, -0.1) is 0 Å². The van der Waals surface area contributed by atoms with Gasteiger partial charge in [0.2, 0.25) is 0 Å². The van der Waals surface area contributed by atoms with Gasteiger partial charge in [0.15, 0.2) is 0 Å². The second-order valence-corrected chi connectivity index (χ2v) is 6.53. The van der Waals surface area contributed by atoms with Gasteiger partial charge in [0.1, 0.15) is 0 Å². The molecule has 0 radical (unpaired) electrons. The molecule has 1 heterocycles. The van der Waals surface area contributed by atoms with E-state index in [1.54, 1.807) is 0 Å². The molecule has 78 valence electrons. The maximum Gasteiger partial charge on any atom is 0.407 e. The van der Waals surface area contributed by atoms with E-state index in [-0.39, 0.29) is 26.3 Å². The number of nitrogens with zero attached hydrogens (tertiary/aromatic N) is 1. The molecule has 1 aliphatic rings. The van der Waals surface area contributed by atoms with Crippen LogP contribution in [0, 0.1) is 0 Å². The first-order chi connectivity index (χ1) is 5.86. The third kappa shape index (κ3) is 2.48. The molecule has 0 amide bonds. The first kappa shape index (κ1) is 11.5. The van der Waals surface area contributed by atoms with Gasteiger partial charge in [0.05, 0.1) is 13.2 Å². The Morgan fingerprint density at radius 1 is 1.31 bits per heavy atom. The molecule has 4 nitrogen and oxygen atoms in total. The van der Waals surface area contributed by atoms with E-state index in [4.69, 9.17) is 4.74 Å². The Balaban J connectivity index is 2.80. The van der Waals surface area contributed by atoms with Crippen LogP contribution in [0.25, 0.3) is 0 Å². The highest BCUT2D eigenvalue weighted by atomic mass is 127. The lowest BCUT2D eigenvalue weighted by atomic mass is 10.5. The van der Waals surface area contributed by atoms with E-state index >= 15 is 0 Å². The Kier molecular flexibility index (Phi) is 3.47. The minimum absolute atomic E-state index is 0.000918. The van der Waals surface area contributed by atoms with Gasteiger partial charge in [-0.1, -0.05) is 0 Å². The zero-order valence-corrected chi connectivity index (χ0v) is 9.52. The van der Waals surface area contributed by atoms with E-state index in [2.05, 4.69) is 0 Å². The summed E-state index contributed by atoms with van der Waals surface area (Å²) in [4.78, 5) is 0. The molecular formula is C5H8F2INO3S. The van der Waals surface area contributed by atoms with Crippen molar-refractivity contribution in [1.29, 1.82) is 0 Å². The van der Waals surface area contributed by atoms with Gasteiger partial charge in [0.25, 0.3) is 10.0 Å². The third-order valence-electron chi connectivity index (χ3n) is 1.60. The van der Waals surface area contributed by atoms with Crippen molar-refractivity contribution in [1.82, 2.24) is 4.31 Å². The number of halogens is 3. The average Bonchev–Trinajstić information content (AvgIpc) is 2.04. The van der Waals surface area contributed by atoms with E-state index in [1.807, 2.05) is 0 Å². The van der Waals surface area contributed by atoms with Crippen LogP contribution < -0.4 is 0 Å². The number of hydrogen-bond acceptors (Lipinski definition) is 3. The first-order valence-corrected chi connectivity index (χ1v) is 6.02. The van der Waals surface area contributed by atoms with Crippen LogP contribution in [0.4, 0.5) is 8.78 Å². The molecule has 0 N–H and O–H groups in total. The summed E-state index contributed by atoms with van der Waals surface area (Å²) in [5.41, 5.74) is 0. The topological polar surface area (TPSA) is 46.6 Å². The van der Waals surface area contributed by atoms with Gasteiger partial charge < -0.3 is 4.74 Å². The van der Waals surface area contributed by atoms with Crippen molar-refractivity contribution in [3.05, 3.63) is 0 Å². The molecule has 8 heteroatoms. The zero-order valence-electron chi connectivity index (χ0n) is 6.54. The largest absolute Gasteiger partial charge is 0.407 e. The highest BCUT2D eigenvalue weighted by Crippen LogP contribution is 2.32. The Bertz CT molecular complexity index is 270. The number of ether oxygens (including phenoxy) is 1. The summed E-state index contributed by atoms with van der Waals surface area (Å²) in [7, 11) is -4.49. The van der Waals surface area contributed by atoms with Gasteiger partial charge in [0, 0.05) is 35.7 Å². The predicted octanol–water partition coefficient (Wildman–Crippen LogP) is 0.634. The van der Waals surface area contributed by atoms with Crippen LogP contribution in [0.5, 0.6) is 0 Å². The van der Waals surface area contributed by atoms with Gasteiger partial charge in [-0.25, -0.2) is 8.42 Å². The molecule has 0 unspecified atom stereocenters. The molecule has 0 bridgehead atoms. The highest BCUT2D eigenvalue weighted by molar-refractivity contribution is 14.1. The summed E-state index contributed by atoms with van der Waals surface area (Å²) in [5.74, 6) is 0. The minimum Gasteiger partial charge on any atom is -0.379 e. The molecule has 1 saturated heterocycles. The predicted molar refractivity (Wildman–Crippen MR) is 50.3 cm³/mol. The molecule has 1 fully saturated rings. The fraction of sp³-hybridized carbons (Fsp3) is 1.00. The lowest BCUT2D eigenvalue weighted by Crippen LogP contribution is -2.45. The second-order valence-electron chi connectivity index (χ2n) is 2.46. The van der Waals surface area contributed by atoms with Gasteiger partial charge >= 0.3 is 3.26 Å². The molecule has 0 aromatic heterocycles. The van der Waals surface area contributed by atoms with Crippen molar-refractivity contribution in [2.75, 3.05) is 26.3 Å². The summed E-state index contributed by atoms with van der Waals surface area (Å²) in [6.07, 6.45) is 0. The number of morpholine rings is 1. The lowest BCUT2D eigenvalue weighted by molar-refractivity contribution is 0.0685. The summed E-state index contributed by atoms with van der Waals surface area (Å²) in [6, 6.07) is 0. The Morgan fingerprint density at radius 3 is 2.15 bits per heavy atom. The molecular weight excluding hydrogens is 319 g/mol. The highest BCUT2D eigenvalue weighted by Gasteiger charge is 2.46. The monoisotopic (exact) mass is 327 g/mol. The minimum atomic E-state index is -4.49. The third-order valence-corrected chi connectivity index (χ3v) is 4.90. The van der Waals surface area contributed by atoms with E-state index in [0.29, 0.717) is 22.6 Å². The van der Waals surface area contributed by atoms with E-state index < -0.39 is 13.3 Å². The maximum atomic E-state index is 12.6. The smallest absolute Gasteiger partial charge is 0.379 e. The number of hydrogen-bond donors (Lipinski definition) is 0. The van der Waals surface area contributed by atoms with Crippen molar-refractivity contribution in [2.45, 2.75) is 3.26 Å². The summed E-state index contributed by atoms with van der Waals surface area (Å²) >= 11 is 0.618. The average molecular weight is 327 g/mol. The van der Waals surface area contributed by atoms with Crippen LogP contribution in [-0.4, -0.2) is 42.3 Å². The second kappa shape index (κ2) is 3.91. The molecule has 1 aliphatic heterocycles. The first-order valence-electron chi connectivity index (χ1n) is 3.50. The molecule has 13 heavy (non-hydrogen) atoms. The van der Waals surface area contributed by atoms with Crippen molar-refractivity contribution < 1.29 is 21.9 Å². The van der Waals surface area contributed by atoms with Crippen LogP contribution in [0.1, 0.15) is 0 Å². The standard InChI is InChI=1S/C5H8F2INO3S/c6-5(7,8)13(10,11)9-1-3-12-4-2-9/h1-4H2. The van der Waals surface area contributed by atoms with Crippen molar-refractivity contribution in [3.63, 3.8) is 0 Å². The van der Waals surface area contributed by atoms with Crippen molar-refractivity contribution in [3.8, 4) is 0 Å². The summed E-state index contributed by atoms with van der Waals surface area (Å²) in [6.45, 7) is 0.347. The zero-order chi connectivity index (χ0) is 10.1. The van der Waals surface area contributed by atoms with Crippen LogP contribution >= 0.6 is 22.6 Å². The van der Waals surface area contributed by atoms with Crippen LogP contribution in [-0.2, 0) is 14.8 Å². The fourth-order valence-electron chi connectivity index (χ4n) is 0.933. The van der Waals surface area contributed by atoms with E-state index in [9.17, 15) is 17.2 Å². The summed E-state index contributed by atoms with van der Waals surface area (Å²) in [5, 5.41) is 0. The van der Waals surface area contributed by atoms with Crippen LogP contribution in [0.3, 0.4) is 0 Å². The molecule has 0 atom stereocenters. The molecule has 0 aromatic rings. The van der Waals surface area contributed by atoms with Gasteiger partial charge in [-0.05, 0) is 0 Å². The Labute approximate surface area is 88.4 Å². The van der Waals surface area contributed by atoms with E-state index in [1.165, 1.54) is 0 Å². The maximum absolute atomic E-state index is 12.6. The Hall–Kier alpha value is 0.460. The molecule has 0 aromatic carbocycles. The van der Waals surface area contributed by atoms with Gasteiger partial charge in [-0.3, -0.25) is 0 Å². The normalized spacial score (nSPS) is 21.8. The Morgan fingerprint density at radius 2 is 1.77 bits per heavy atom. The van der Waals surface area contributed by atoms with Crippen molar-refractivity contribution >= 4 is 32.6 Å². The number of sulfonamides is 1. The quantitative estimate of drug-likeness (QED) is 0.552. The van der Waals surface area contributed by atoms with Gasteiger partial charge in [-0.2, -0.15) is 13.1 Å². The van der Waals surface area contributed by atoms with E-state index in [0.717, 1.165) is 4.31 Å². The molecule has 1 rings (SSSR count). The molecule has 0 saturated carbocycles. The summed E-state index contributed by atoms with van der Waals surface area (Å²) < 4.78 is 49.3. The molecule has 0 spiro atoms. The number of rotatable bonds is 2. The van der Waals surface area contributed by atoms with Crippen LogP contribution in [0.2, 0.25) is 0 Å². The van der Waals surface area contributed by atoms with Crippen LogP contribution in [0.15, 0.2) is 0 Å². The fourth-order valence-corrected chi connectivity index (χ4v) is 2.69.